The second-order valence-electron chi connectivity index (χ2n) is 5.56. The molecule has 92 valence electrons. The minimum atomic E-state index is -2.70. The smallest absolute Gasteiger partial charge is 0.267 e. The van der Waals surface area contributed by atoms with E-state index in [1.165, 1.54) is 0 Å². The maximum atomic E-state index is 14.2. The van der Waals surface area contributed by atoms with Gasteiger partial charge in [0.05, 0.1) is 5.60 Å². The van der Waals surface area contributed by atoms with Gasteiger partial charge < -0.3 is 9.21 Å². The average Bonchev–Trinajstić information content (AvgIpc) is 2.11. The normalized spacial score (nSPS) is 27.1. The quantitative estimate of drug-likeness (QED) is 0.450. The van der Waals surface area contributed by atoms with Crippen LogP contribution in [0.4, 0.5) is 4.11 Å². The molecule has 1 rings (SSSR count). The second kappa shape index (κ2) is 4.84. The highest BCUT2D eigenvalue weighted by atomic mass is 28.4. The third-order valence-electron chi connectivity index (χ3n) is 3.30. The molecule has 0 spiro atoms. The predicted octanol–water partition coefficient (Wildman–Crippen LogP) is 3.90. The van der Waals surface area contributed by atoms with Crippen molar-refractivity contribution in [3.63, 3.8) is 0 Å². The first kappa shape index (κ1) is 13.7. The molecule has 0 aromatic heterocycles. The van der Waals surface area contributed by atoms with Crippen LogP contribution in [0, 0.1) is 0 Å². The van der Waals surface area contributed by atoms with Crippen LogP contribution in [0.25, 0.3) is 0 Å². The maximum absolute atomic E-state index is 14.2. The first-order valence-electron chi connectivity index (χ1n) is 6.00. The summed E-state index contributed by atoms with van der Waals surface area (Å²) in [5.41, 5.74) is 0.509. The lowest BCUT2D eigenvalue weighted by Gasteiger charge is -2.34. The van der Waals surface area contributed by atoms with Crippen molar-refractivity contribution in [1.82, 2.24) is 0 Å². The zero-order valence-corrected chi connectivity index (χ0v) is 11.6. The van der Waals surface area contributed by atoms with Crippen molar-refractivity contribution in [2.45, 2.75) is 57.7 Å². The van der Waals surface area contributed by atoms with E-state index in [0.29, 0.717) is 12.8 Å². The van der Waals surface area contributed by atoms with Gasteiger partial charge in [-0.25, -0.2) is 0 Å². The molecule has 1 aliphatic carbocycles. The maximum Gasteiger partial charge on any atom is 0.267 e. The number of hydrogen-bond donors (Lipinski definition) is 1. The highest BCUT2D eigenvalue weighted by molar-refractivity contribution is 6.78. The van der Waals surface area contributed by atoms with Gasteiger partial charge in [0, 0.05) is 0 Å². The van der Waals surface area contributed by atoms with Crippen LogP contribution in [0.15, 0.2) is 23.4 Å². The van der Waals surface area contributed by atoms with E-state index in [9.17, 15) is 9.21 Å². The molecule has 0 aromatic rings. The molecule has 1 aliphatic rings. The van der Waals surface area contributed by atoms with E-state index in [-0.39, 0.29) is 0 Å². The number of hydrogen-bond acceptors (Lipinski definition) is 1. The molecular formula is C13H23FOSi. The SMILES string of the molecule is C=CCCC1=C([Si](C)(C)F)CCC(C)(O)C1. The average molecular weight is 242 g/mol. The second-order valence-corrected chi connectivity index (χ2v) is 9.10. The van der Waals surface area contributed by atoms with Crippen LogP contribution in [-0.2, 0) is 0 Å². The Morgan fingerprint density at radius 2 is 2.19 bits per heavy atom. The Labute approximate surface area is 99.2 Å². The van der Waals surface area contributed by atoms with Crippen molar-refractivity contribution in [2.24, 2.45) is 0 Å². The van der Waals surface area contributed by atoms with Gasteiger partial charge in [-0.3, -0.25) is 0 Å². The largest absolute Gasteiger partial charge is 0.390 e. The van der Waals surface area contributed by atoms with Gasteiger partial charge in [-0.2, -0.15) is 0 Å². The molecule has 0 amide bonds. The van der Waals surface area contributed by atoms with Gasteiger partial charge in [0.1, 0.15) is 0 Å². The van der Waals surface area contributed by atoms with Crippen LogP contribution < -0.4 is 0 Å². The molecule has 1 nitrogen and oxygen atoms in total. The fraction of sp³-hybridized carbons (Fsp3) is 0.692. The first-order chi connectivity index (χ1) is 7.26. The van der Waals surface area contributed by atoms with E-state index in [4.69, 9.17) is 0 Å². The lowest BCUT2D eigenvalue weighted by molar-refractivity contribution is 0.0458. The molecule has 1 N–H and O–H groups in total. The molecular weight excluding hydrogens is 219 g/mol. The standard InChI is InChI=1S/C13H23FOSi/c1-5-6-7-11-10-13(2,15)9-8-12(11)16(3,4)14/h5,15H,1,6-10H2,2-4H3. The van der Waals surface area contributed by atoms with Crippen molar-refractivity contribution < 1.29 is 9.21 Å². The Kier molecular flexibility index (Phi) is 4.13. The Balaban J connectivity index is 2.94. The molecule has 0 saturated carbocycles. The van der Waals surface area contributed by atoms with Gasteiger partial charge in [0.2, 0.25) is 0 Å². The lowest BCUT2D eigenvalue weighted by atomic mass is 9.84. The summed E-state index contributed by atoms with van der Waals surface area (Å²) < 4.78 is 14.2. The van der Waals surface area contributed by atoms with Crippen LogP contribution >= 0.6 is 0 Å². The number of aliphatic hydroxyl groups is 1. The summed E-state index contributed by atoms with van der Waals surface area (Å²) in [6.07, 6.45) is 5.65. The van der Waals surface area contributed by atoms with Gasteiger partial charge in [-0.15, -0.1) is 6.58 Å². The minimum absolute atomic E-state index is 0.635. The highest BCUT2D eigenvalue weighted by Crippen LogP contribution is 2.38. The third-order valence-corrected chi connectivity index (χ3v) is 5.34. The van der Waals surface area contributed by atoms with Gasteiger partial charge in [-0.05, 0) is 52.1 Å². The van der Waals surface area contributed by atoms with E-state index < -0.39 is 14.0 Å². The van der Waals surface area contributed by atoms with Gasteiger partial charge in [0.15, 0.2) is 0 Å². The van der Waals surface area contributed by atoms with Crippen molar-refractivity contribution in [3.8, 4) is 0 Å². The zero-order valence-electron chi connectivity index (χ0n) is 10.6. The Morgan fingerprint density at radius 3 is 2.69 bits per heavy atom. The molecule has 1 atom stereocenters. The van der Waals surface area contributed by atoms with Crippen molar-refractivity contribution >= 4 is 8.41 Å². The molecule has 0 aliphatic heterocycles. The van der Waals surface area contributed by atoms with Crippen LogP contribution in [0.5, 0.6) is 0 Å². The van der Waals surface area contributed by atoms with E-state index in [0.717, 1.165) is 30.0 Å². The Bertz CT molecular complexity index is 300. The predicted molar refractivity (Wildman–Crippen MR) is 69.5 cm³/mol. The van der Waals surface area contributed by atoms with Gasteiger partial charge >= 0.3 is 0 Å². The Morgan fingerprint density at radius 1 is 1.56 bits per heavy atom. The fourth-order valence-corrected chi connectivity index (χ4v) is 4.23. The zero-order chi connectivity index (χ0) is 12.4. The fourth-order valence-electron chi connectivity index (χ4n) is 2.46. The van der Waals surface area contributed by atoms with Crippen LogP contribution in [0.2, 0.25) is 13.1 Å². The highest BCUT2D eigenvalue weighted by Gasteiger charge is 2.36. The van der Waals surface area contributed by atoms with Crippen molar-refractivity contribution in [1.29, 1.82) is 0 Å². The number of rotatable bonds is 4. The summed E-state index contributed by atoms with van der Waals surface area (Å²) >= 11 is 0. The monoisotopic (exact) mass is 242 g/mol. The van der Waals surface area contributed by atoms with Crippen molar-refractivity contribution in [2.75, 3.05) is 0 Å². The van der Waals surface area contributed by atoms with Crippen molar-refractivity contribution in [3.05, 3.63) is 23.4 Å². The minimum Gasteiger partial charge on any atom is -0.390 e. The summed E-state index contributed by atoms with van der Waals surface area (Å²) in [4.78, 5) is 0. The summed E-state index contributed by atoms with van der Waals surface area (Å²) in [5, 5.41) is 11.1. The van der Waals surface area contributed by atoms with Crippen LogP contribution in [-0.4, -0.2) is 19.1 Å². The van der Waals surface area contributed by atoms with E-state index in [2.05, 4.69) is 6.58 Å². The molecule has 0 radical (unpaired) electrons. The number of halogens is 1. The molecule has 0 fully saturated rings. The summed E-state index contributed by atoms with van der Waals surface area (Å²) in [6.45, 7) is 9.05. The molecule has 3 heteroatoms. The van der Waals surface area contributed by atoms with Crippen LogP contribution in [0.3, 0.4) is 0 Å². The van der Waals surface area contributed by atoms with E-state index >= 15 is 0 Å². The number of allylic oxidation sites excluding steroid dienone is 2. The molecule has 0 bridgehead atoms. The molecule has 1 unspecified atom stereocenters. The lowest BCUT2D eigenvalue weighted by Crippen LogP contribution is -2.35. The first-order valence-corrected chi connectivity index (χ1v) is 8.87. The summed E-state index contributed by atoms with van der Waals surface area (Å²) in [7, 11) is -2.70. The molecule has 0 heterocycles. The summed E-state index contributed by atoms with van der Waals surface area (Å²) in [6, 6.07) is 0. The van der Waals surface area contributed by atoms with Crippen LogP contribution in [0.1, 0.15) is 39.0 Å². The molecule has 0 saturated heterocycles. The third kappa shape index (κ3) is 3.56. The topological polar surface area (TPSA) is 20.2 Å². The Hall–Kier alpha value is -0.413. The van der Waals surface area contributed by atoms with Gasteiger partial charge in [0.25, 0.3) is 8.41 Å². The summed E-state index contributed by atoms with van der Waals surface area (Å²) in [5.74, 6) is 0. The molecule has 16 heavy (non-hydrogen) atoms. The molecule has 0 aromatic carbocycles. The van der Waals surface area contributed by atoms with E-state index in [1.54, 1.807) is 13.1 Å². The van der Waals surface area contributed by atoms with Gasteiger partial charge in [-0.1, -0.05) is 16.8 Å². The van der Waals surface area contributed by atoms with E-state index in [1.807, 2.05) is 13.0 Å².